The topological polar surface area (TPSA) is 94.2 Å². The Morgan fingerprint density at radius 3 is 2.49 bits per heavy atom. The van der Waals surface area contributed by atoms with Crippen LogP contribution in [0, 0.1) is 0 Å². The zero-order chi connectivity index (χ0) is 26.8. The van der Waals surface area contributed by atoms with Gasteiger partial charge in [0.05, 0.1) is 30.8 Å². The van der Waals surface area contributed by atoms with Gasteiger partial charge in [0.1, 0.15) is 29.4 Å². The second-order valence-corrected chi connectivity index (χ2v) is 11.5. The molecular formula is C27H29ClN2O6S. The maximum absolute atomic E-state index is 13.7. The summed E-state index contributed by atoms with van der Waals surface area (Å²) in [5.41, 5.74) is 0.376. The molecule has 0 fully saturated rings. The summed E-state index contributed by atoms with van der Waals surface area (Å²) in [5.74, 6) is 1.01. The molecule has 0 spiro atoms. The van der Waals surface area contributed by atoms with Crippen molar-refractivity contribution >= 4 is 33.2 Å². The molecule has 1 aliphatic rings. The van der Waals surface area contributed by atoms with E-state index in [9.17, 15) is 13.2 Å². The van der Waals surface area contributed by atoms with Crippen molar-refractivity contribution in [3.05, 3.63) is 77.3 Å². The summed E-state index contributed by atoms with van der Waals surface area (Å²) < 4.78 is 45.3. The predicted molar refractivity (Wildman–Crippen MR) is 142 cm³/mol. The Hall–Kier alpha value is -3.43. The van der Waals surface area contributed by atoms with E-state index in [1.165, 1.54) is 25.3 Å². The first-order valence-corrected chi connectivity index (χ1v) is 13.4. The molecule has 0 aromatic heterocycles. The van der Waals surface area contributed by atoms with E-state index in [2.05, 4.69) is 5.32 Å². The third kappa shape index (κ3) is 5.78. The van der Waals surface area contributed by atoms with E-state index in [1.54, 1.807) is 49.6 Å². The van der Waals surface area contributed by atoms with Crippen LogP contribution in [0.1, 0.15) is 31.9 Å². The van der Waals surface area contributed by atoms with Crippen molar-refractivity contribution in [3.8, 4) is 17.2 Å². The molecule has 1 aliphatic heterocycles. The van der Waals surface area contributed by atoms with E-state index in [1.807, 2.05) is 19.9 Å². The van der Waals surface area contributed by atoms with Crippen LogP contribution >= 0.6 is 11.6 Å². The molecular weight excluding hydrogens is 516 g/mol. The number of ether oxygens (including phenoxy) is 3. The highest BCUT2D eigenvalue weighted by Crippen LogP contribution is 2.41. The summed E-state index contributed by atoms with van der Waals surface area (Å²) in [6.07, 6.45) is 0.490. The molecule has 0 saturated heterocycles. The molecule has 37 heavy (non-hydrogen) atoms. The van der Waals surface area contributed by atoms with Crippen LogP contribution < -0.4 is 23.8 Å². The third-order valence-electron chi connectivity index (χ3n) is 6.04. The highest BCUT2D eigenvalue weighted by atomic mass is 35.5. The number of hydrogen-bond donors (Lipinski definition) is 1. The van der Waals surface area contributed by atoms with Gasteiger partial charge in [-0.25, -0.2) is 8.42 Å². The van der Waals surface area contributed by atoms with Gasteiger partial charge in [-0.05, 0) is 56.3 Å². The summed E-state index contributed by atoms with van der Waals surface area (Å²) in [7, 11) is -1.14. The van der Waals surface area contributed by atoms with Gasteiger partial charge in [-0.2, -0.15) is 0 Å². The minimum Gasteiger partial charge on any atom is -0.497 e. The number of hydrogen-bond acceptors (Lipinski definition) is 6. The molecule has 196 valence electrons. The minimum absolute atomic E-state index is 0.0365. The predicted octanol–water partition coefficient (Wildman–Crippen LogP) is 4.97. The first kappa shape index (κ1) is 26.6. The fraction of sp³-hybridized carbons (Fsp3) is 0.296. The fourth-order valence-electron chi connectivity index (χ4n) is 4.34. The Kier molecular flexibility index (Phi) is 7.57. The Morgan fingerprint density at radius 1 is 1.08 bits per heavy atom. The van der Waals surface area contributed by atoms with Crippen LogP contribution in [-0.4, -0.2) is 40.7 Å². The molecule has 0 bridgehead atoms. The van der Waals surface area contributed by atoms with E-state index < -0.39 is 34.1 Å². The van der Waals surface area contributed by atoms with E-state index >= 15 is 0 Å². The number of sulfonamides is 1. The molecule has 1 amide bonds. The van der Waals surface area contributed by atoms with E-state index in [4.69, 9.17) is 25.8 Å². The lowest BCUT2D eigenvalue weighted by molar-refractivity contribution is -0.120. The van der Waals surface area contributed by atoms with Crippen LogP contribution in [-0.2, 0) is 14.8 Å². The van der Waals surface area contributed by atoms with Crippen molar-refractivity contribution < 1.29 is 27.4 Å². The third-order valence-corrected chi connectivity index (χ3v) is 8.05. The second kappa shape index (κ2) is 10.5. The average Bonchev–Trinajstić information content (AvgIpc) is 2.86. The van der Waals surface area contributed by atoms with Gasteiger partial charge in [-0.15, -0.1) is 0 Å². The zero-order valence-electron chi connectivity index (χ0n) is 21.0. The number of rotatable bonds is 8. The number of nitrogens with zero attached hydrogens (tertiary/aromatic N) is 1. The Morgan fingerprint density at radius 2 is 1.81 bits per heavy atom. The van der Waals surface area contributed by atoms with Gasteiger partial charge >= 0.3 is 0 Å². The summed E-state index contributed by atoms with van der Waals surface area (Å²) in [5, 5.41) is 3.31. The number of carbonyl (C=O) groups is 1. The molecule has 1 N–H and O–H groups in total. The molecule has 3 aromatic carbocycles. The largest absolute Gasteiger partial charge is 0.497 e. The van der Waals surface area contributed by atoms with Gasteiger partial charge in [-0.3, -0.25) is 9.10 Å². The molecule has 8 nitrogen and oxygen atoms in total. The number of carbonyl (C=O) groups excluding carboxylic acids is 1. The molecule has 3 aromatic rings. The van der Waals surface area contributed by atoms with Gasteiger partial charge < -0.3 is 19.5 Å². The van der Waals surface area contributed by atoms with Gasteiger partial charge in [0.25, 0.3) is 10.0 Å². The summed E-state index contributed by atoms with van der Waals surface area (Å²) in [6.45, 7) is 3.37. The number of fused-ring (bicyclic) bond motifs is 1. The highest BCUT2D eigenvalue weighted by molar-refractivity contribution is 7.92. The lowest BCUT2D eigenvalue weighted by Crippen LogP contribution is -2.45. The Balaban J connectivity index is 1.69. The second-order valence-electron chi connectivity index (χ2n) is 9.23. The van der Waals surface area contributed by atoms with Crippen molar-refractivity contribution in [2.45, 2.75) is 36.8 Å². The van der Waals surface area contributed by atoms with Crippen molar-refractivity contribution in [1.82, 2.24) is 5.32 Å². The Bertz CT molecular complexity index is 1400. The van der Waals surface area contributed by atoms with Gasteiger partial charge in [0, 0.05) is 23.1 Å². The van der Waals surface area contributed by atoms with Crippen LogP contribution in [0.2, 0.25) is 5.02 Å². The number of anilines is 1. The van der Waals surface area contributed by atoms with Crippen LogP contribution in [0.5, 0.6) is 17.2 Å². The number of halogens is 1. The maximum atomic E-state index is 13.7. The van der Waals surface area contributed by atoms with E-state index in [0.717, 1.165) is 9.87 Å². The first-order chi connectivity index (χ1) is 17.5. The molecule has 4 rings (SSSR count). The van der Waals surface area contributed by atoms with Gasteiger partial charge in [-0.1, -0.05) is 29.8 Å². The van der Waals surface area contributed by atoms with Crippen molar-refractivity contribution in [2.24, 2.45) is 0 Å². The molecule has 0 radical (unpaired) electrons. The summed E-state index contributed by atoms with van der Waals surface area (Å²) >= 11 is 6.22. The molecule has 1 atom stereocenters. The quantitative estimate of drug-likeness (QED) is 0.430. The van der Waals surface area contributed by atoms with Gasteiger partial charge in [0.15, 0.2) is 0 Å². The standard InChI is InChI=1S/C27H29ClN2O6S/c1-27(2)16-22(21-12-11-19(34-3)15-25(21)36-27)29-26(31)17-30(23-14-18(28)10-13-24(23)35-4)37(32,33)20-8-6-5-7-9-20/h5-15,22H,16-17H2,1-4H3,(H,29,31). The van der Waals surface area contributed by atoms with E-state index in [-0.39, 0.29) is 16.3 Å². The molecule has 0 saturated carbocycles. The molecule has 0 aliphatic carbocycles. The minimum atomic E-state index is -4.14. The van der Waals surface area contributed by atoms with Crippen molar-refractivity contribution in [2.75, 3.05) is 25.1 Å². The van der Waals surface area contributed by atoms with Gasteiger partial charge in [0.2, 0.25) is 5.91 Å². The number of methoxy groups -OCH3 is 2. The van der Waals surface area contributed by atoms with Crippen LogP contribution in [0.25, 0.3) is 0 Å². The SMILES string of the molecule is COc1ccc2c(c1)OC(C)(C)CC2NC(=O)CN(c1cc(Cl)ccc1OC)S(=O)(=O)c1ccccc1. The van der Waals surface area contributed by atoms with Crippen LogP contribution in [0.4, 0.5) is 5.69 Å². The average molecular weight is 545 g/mol. The van der Waals surface area contributed by atoms with Crippen molar-refractivity contribution in [1.29, 1.82) is 0 Å². The zero-order valence-corrected chi connectivity index (χ0v) is 22.6. The monoisotopic (exact) mass is 544 g/mol. The highest BCUT2D eigenvalue weighted by Gasteiger charge is 2.36. The maximum Gasteiger partial charge on any atom is 0.264 e. The fourth-order valence-corrected chi connectivity index (χ4v) is 5.95. The first-order valence-electron chi connectivity index (χ1n) is 11.6. The van der Waals surface area contributed by atoms with Crippen molar-refractivity contribution in [3.63, 3.8) is 0 Å². The summed E-state index contributed by atoms with van der Waals surface area (Å²) in [4.78, 5) is 13.5. The smallest absolute Gasteiger partial charge is 0.264 e. The molecule has 1 unspecified atom stereocenters. The van der Waals surface area contributed by atoms with E-state index in [0.29, 0.717) is 22.9 Å². The molecule has 10 heteroatoms. The number of benzene rings is 3. The van der Waals surface area contributed by atoms with Crippen LogP contribution in [0.15, 0.2) is 71.6 Å². The summed E-state index contributed by atoms with van der Waals surface area (Å²) in [6, 6.07) is 17.5. The lowest BCUT2D eigenvalue weighted by atomic mass is 9.89. The number of nitrogens with one attached hydrogen (secondary N) is 1. The Labute approximate surface area is 222 Å². The lowest BCUT2D eigenvalue weighted by Gasteiger charge is -2.38. The normalized spacial score (nSPS) is 16.2. The number of amides is 1. The van der Waals surface area contributed by atoms with Crippen LogP contribution in [0.3, 0.4) is 0 Å². The molecule has 1 heterocycles.